The third kappa shape index (κ3) is 5.66. The van der Waals surface area contributed by atoms with E-state index in [9.17, 15) is 24.4 Å². The van der Waals surface area contributed by atoms with Crippen LogP contribution in [0.5, 0.6) is 5.75 Å². The first kappa shape index (κ1) is 30.1. The maximum atomic E-state index is 14.0. The molecule has 4 amide bonds. The van der Waals surface area contributed by atoms with Crippen LogP contribution in [0.25, 0.3) is 0 Å². The van der Waals surface area contributed by atoms with Gasteiger partial charge in [-0.15, -0.1) is 0 Å². The van der Waals surface area contributed by atoms with Crippen molar-refractivity contribution in [1.82, 2.24) is 15.5 Å². The molecule has 7 atom stereocenters. The Morgan fingerprint density at radius 2 is 1.98 bits per heavy atom. The fourth-order valence-corrected chi connectivity index (χ4v) is 6.69. The zero-order valence-corrected chi connectivity index (χ0v) is 25.3. The molecule has 2 unspecified atom stereocenters. The van der Waals surface area contributed by atoms with Crippen LogP contribution >= 0.6 is 11.6 Å². The van der Waals surface area contributed by atoms with E-state index in [4.69, 9.17) is 21.1 Å². The van der Waals surface area contributed by atoms with Crippen molar-refractivity contribution < 1.29 is 28.7 Å². The van der Waals surface area contributed by atoms with E-state index in [1.165, 1.54) is 0 Å². The number of anilines is 1. The lowest BCUT2D eigenvalue weighted by Gasteiger charge is -2.38. The van der Waals surface area contributed by atoms with E-state index in [0.29, 0.717) is 42.6 Å². The van der Waals surface area contributed by atoms with Crippen molar-refractivity contribution in [3.8, 4) is 11.8 Å². The number of hydrogen-bond acceptors (Lipinski definition) is 7. The molecule has 12 heteroatoms. The number of hydrogen-bond donors (Lipinski definition) is 3. The number of nitriles is 1. The number of ether oxygens (including phenoxy) is 2. The molecule has 226 valence electrons. The van der Waals surface area contributed by atoms with E-state index in [1.54, 1.807) is 23.1 Å². The first-order chi connectivity index (χ1) is 19.7. The normalized spacial score (nSPS) is 28.7. The molecule has 3 aliphatic heterocycles. The average Bonchev–Trinajstić information content (AvgIpc) is 3.37. The second-order valence-electron chi connectivity index (χ2n) is 13.4. The maximum absolute atomic E-state index is 14.0. The molecule has 1 saturated carbocycles. The van der Waals surface area contributed by atoms with Gasteiger partial charge in [-0.3, -0.25) is 19.2 Å². The Balaban J connectivity index is 1.30. The van der Waals surface area contributed by atoms with Gasteiger partial charge in [0.1, 0.15) is 23.9 Å². The molecular weight excluding hydrogens is 562 g/mol. The van der Waals surface area contributed by atoms with Crippen LogP contribution in [0.15, 0.2) is 18.2 Å². The Bertz CT molecular complexity index is 1330. The summed E-state index contributed by atoms with van der Waals surface area (Å²) in [6, 6.07) is 4.21. The van der Waals surface area contributed by atoms with Crippen LogP contribution in [-0.2, 0) is 23.9 Å². The minimum Gasteiger partial charge on any atom is -0.478 e. The summed E-state index contributed by atoms with van der Waals surface area (Å²) in [5, 5.41) is 18.8. The zero-order chi connectivity index (χ0) is 30.6. The molecule has 2 saturated heterocycles. The number of nitrogens with zero attached hydrogens (tertiary/aromatic N) is 2. The number of carbonyl (C=O) groups is 4. The van der Waals surface area contributed by atoms with Gasteiger partial charge in [-0.2, -0.15) is 5.26 Å². The van der Waals surface area contributed by atoms with Crippen LogP contribution in [0, 0.1) is 39.9 Å². The number of nitrogens with one attached hydrogen (secondary N) is 3. The van der Waals surface area contributed by atoms with Crippen LogP contribution < -0.4 is 20.7 Å². The molecule has 3 N–H and O–H groups in total. The van der Waals surface area contributed by atoms with Gasteiger partial charge in [0.25, 0.3) is 5.91 Å². The summed E-state index contributed by atoms with van der Waals surface area (Å²) >= 11 is 6.00. The molecule has 3 fully saturated rings. The highest BCUT2D eigenvalue weighted by Crippen LogP contribution is 2.65. The predicted octanol–water partition coefficient (Wildman–Crippen LogP) is 2.49. The van der Waals surface area contributed by atoms with Crippen LogP contribution in [0.3, 0.4) is 0 Å². The summed E-state index contributed by atoms with van der Waals surface area (Å²) in [6.45, 7) is 11.0. The second kappa shape index (κ2) is 11.0. The van der Waals surface area contributed by atoms with E-state index >= 15 is 0 Å². The van der Waals surface area contributed by atoms with Crippen LogP contribution in [0.1, 0.15) is 47.5 Å². The predicted molar refractivity (Wildman–Crippen MR) is 153 cm³/mol. The standard InChI is InChI=1S/C30H38ClN5O6/c1-29(2,3)24(35-25(37)15-8-9-41-14-15)28(40)36-13-18-22(30(18,4)5)23(36)27(39)33-17(12-32)11-21-26(38)34-19-10-16(31)6-7-20(19)42-21/h6-7,10,15,17-18,21-24H,8-9,11,13-14H2,1-5H3,(H,33,39)(H,34,38)(H,35,37)/t15-,17?,18+,21+,22+,23+,24?/m1/s1. The van der Waals surface area contributed by atoms with Crippen LogP contribution in [0.2, 0.25) is 5.02 Å². The summed E-state index contributed by atoms with van der Waals surface area (Å²) in [6.07, 6.45) is -0.491. The van der Waals surface area contributed by atoms with Gasteiger partial charge in [0.05, 0.1) is 24.3 Å². The molecule has 11 nitrogen and oxygen atoms in total. The van der Waals surface area contributed by atoms with Gasteiger partial charge < -0.3 is 30.3 Å². The van der Waals surface area contributed by atoms with E-state index in [1.807, 2.05) is 20.8 Å². The Kier molecular flexibility index (Phi) is 7.92. The number of rotatable bonds is 7. The van der Waals surface area contributed by atoms with Crippen molar-refractivity contribution in [2.45, 2.75) is 71.7 Å². The van der Waals surface area contributed by atoms with Crippen molar-refractivity contribution in [2.24, 2.45) is 28.6 Å². The SMILES string of the molecule is CC(C)(C)C(NC(=O)[C@@H]1CCOC1)C(=O)N1C[C@H]2[C@@H]([C@H]1C(=O)NC(C#N)C[C@@H]1Oc3ccc(Cl)cc3NC1=O)C2(C)C. The highest BCUT2D eigenvalue weighted by Gasteiger charge is 2.69. The lowest BCUT2D eigenvalue weighted by atomic mass is 9.84. The minimum atomic E-state index is -1.04. The highest BCUT2D eigenvalue weighted by atomic mass is 35.5. The smallest absolute Gasteiger partial charge is 0.265 e. The summed E-state index contributed by atoms with van der Waals surface area (Å²) in [7, 11) is 0. The number of amides is 4. The highest BCUT2D eigenvalue weighted by molar-refractivity contribution is 6.31. The average molecular weight is 600 g/mol. The fourth-order valence-electron chi connectivity index (χ4n) is 6.52. The van der Waals surface area contributed by atoms with Crippen molar-refractivity contribution >= 4 is 40.9 Å². The fraction of sp³-hybridized carbons (Fsp3) is 0.633. The monoisotopic (exact) mass is 599 g/mol. The van der Waals surface area contributed by atoms with E-state index in [-0.39, 0.29) is 41.4 Å². The van der Waals surface area contributed by atoms with E-state index in [0.717, 1.165) is 0 Å². The van der Waals surface area contributed by atoms with Gasteiger partial charge in [0, 0.05) is 24.6 Å². The number of likely N-dealkylation sites (tertiary alicyclic amines) is 1. The molecule has 1 aliphatic carbocycles. The van der Waals surface area contributed by atoms with Crippen molar-refractivity contribution in [1.29, 1.82) is 5.26 Å². The largest absolute Gasteiger partial charge is 0.478 e. The van der Waals surface area contributed by atoms with Crippen molar-refractivity contribution in [3.05, 3.63) is 23.2 Å². The molecule has 0 bridgehead atoms. The first-order valence-corrected chi connectivity index (χ1v) is 14.8. The maximum Gasteiger partial charge on any atom is 0.265 e. The summed E-state index contributed by atoms with van der Waals surface area (Å²) in [5.41, 5.74) is -0.332. The minimum absolute atomic E-state index is 0.0849. The number of carbonyl (C=O) groups excluding carboxylic acids is 4. The molecule has 1 aromatic carbocycles. The Labute approximate surface area is 250 Å². The van der Waals surface area contributed by atoms with Crippen molar-refractivity contribution in [2.75, 3.05) is 25.1 Å². The van der Waals surface area contributed by atoms with Crippen LogP contribution in [-0.4, -0.2) is 72.5 Å². The number of piperidine rings is 1. The summed E-state index contributed by atoms with van der Waals surface area (Å²) in [5.74, 6) is -1.33. The molecule has 0 spiro atoms. The molecular formula is C30H38ClN5O6. The van der Waals surface area contributed by atoms with Gasteiger partial charge in [-0.25, -0.2) is 0 Å². The van der Waals surface area contributed by atoms with E-state index in [2.05, 4.69) is 35.9 Å². The molecule has 4 aliphatic rings. The second-order valence-corrected chi connectivity index (χ2v) is 13.9. The molecule has 0 radical (unpaired) electrons. The lowest BCUT2D eigenvalue weighted by Crippen LogP contribution is -2.60. The third-order valence-electron chi connectivity index (χ3n) is 9.14. The number of halogens is 1. The molecule has 0 aromatic heterocycles. The van der Waals surface area contributed by atoms with Gasteiger partial charge in [0.2, 0.25) is 17.7 Å². The molecule has 1 aromatic rings. The van der Waals surface area contributed by atoms with Crippen LogP contribution in [0.4, 0.5) is 5.69 Å². The van der Waals surface area contributed by atoms with Crippen molar-refractivity contribution in [3.63, 3.8) is 0 Å². The first-order valence-electron chi connectivity index (χ1n) is 14.4. The van der Waals surface area contributed by atoms with E-state index < -0.39 is 41.5 Å². The van der Waals surface area contributed by atoms with Gasteiger partial charge >= 0.3 is 0 Å². The Hall–Kier alpha value is -3.36. The zero-order valence-electron chi connectivity index (χ0n) is 24.5. The summed E-state index contributed by atoms with van der Waals surface area (Å²) < 4.78 is 11.2. The molecule has 42 heavy (non-hydrogen) atoms. The Morgan fingerprint density at radius 1 is 1.24 bits per heavy atom. The quantitative estimate of drug-likeness (QED) is 0.436. The van der Waals surface area contributed by atoms with Gasteiger partial charge in [-0.05, 0) is 47.3 Å². The summed E-state index contributed by atoms with van der Waals surface area (Å²) in [4.78, 5) is 55.1. The van der Waals surface area contributed by atoms with Gasteiger partial charge in [0.15, 0.2) is 6.10 Å². The van der Waals surface area contributed by atoms with Gasteiger partial charge in [-0.1, -0.05) is 46.2 Å². The Morgan fingerprint density at radius 3 is 2.62 bits per heavy atom. The molecule has 3 heterocycles. The third-order valence-corrected chi connectivity index (χ3v) is 9.38. The molecule has 5 rings (SSSR count). The number of fused-ring (bicyclic) bond motifs is 2. The lowest BCUT2D eigenvalue weighted by molar-refractivity contribution is -0.146. The number of benzene rings is 1. The topological polar surface area (TPSA) is 150 Å².